The first-order chi connectivity index (χ1) is 14.8. The van der Waals surface area contributed by atoms with E-state index < -0.39 is 5.54 Å². The number of carbonyl (C=O) groups is 2. The number of aromatic nitrogens is 3. The average Bonchev–Trinajstić information content (AvgIpc) is 3.20. The number of H-pyrrole nitrogens is 1. The Hall–Kier alpha value is -3.33. The van der Waals surface area contributed by atoms with Crippen LogP contribution >= 0.6 is 11.8 Å². The maximum absolute atomic E-state index is 13.1. The van der Waals surface area contributed by atoms with Crippen LogP contribution in [-0.2, 0) is 16.2 Å². The van der Waals surface area contributed by atoms with E-state index in [2.05, 4.69) is 20.5 Å². The molecule has 0 atom stereocenters. The molecule has 0 radical (unpaired) electrons. The molecular formula is C22H23N5O3S. The molecule has 0 bridgehead atoms. The van der Waals surface area contributed by atoms with E-state index in [0.29, 0.717) is 22.4 Å². The van der Waals surface area contributed by atoms with E-state index >= 15 is 0 Å². The summed E-state index contributed by atoms with van der Waals surface area (Å²) in [4.78, 5) is 31.5. The number of carbonyl (C=O) groups excluding carboxylic acids is 2. The maximum Gasteiger partial charge on any atom is 0.250 e. The van der Waals surface area contributed by atoms with E-state index in [1.54, 1.807) is 24.8 Å². The van der Waals surface area contributed by atoms with Gasteiger partial charge in [-0.2, -0.15) is 0 Å². The quantitative estimate of drug-likeness (QED) is 0.572. The van der Waals surface area contributed by atoms with Crippen molar-refractivity contribution in [3.05, 3.63) is 59.9 Å². The van der Waals surface area contributed by atoms with E-state index in [9.17, 15) is 9.59 Å². The molecule has 9 heteroatoms. The summed E-state index contributed by atoms with van der Waals surface area (Å²) < 4.78 is 5.70. The predicted molar refractivity (Wildman–Crippen MR) is 119 cm³/mol. The number of aromatic amines is 1. The van der Waals surface area contributed by atoms with Gasteiger partial charge in [-0.15, -0.1) is 5.10 Å². The van der Waals surface area contributed by atoms with Gasteiger partial charge in [-0.25, -0.2) is 4.98 Å². The minimum absolute atomic E-state index is 0.0984. The molecule has 2 heterocycles. The molecule has 3 aromatic rings. The van der Waals surface area contributed by atoms with E-state index in [4.69, 9.17) is 4.74 Å². The van der Waals surface area contributed by atoms with Crippen molar-refractivity contribution < 1.29 is 14.3 Å². The fraction of sp³-hybridized carbons (Fsp3) is 0.273. The summed E-state index contributed by atoms with van der Waals surface area (Å²) in [6, 6.07) is 15.0. The van der Waals surface area contributed by atoms with Crippen molar-refractivity contribution in [1.82, 2.24) is 15.2 Å². The number of ether oxygens (including phenoxy) is 1. The molecular weight excluding hydrogens is 414 g/mol. The number of amides is 2. The number of rotatable bonds is 6. The van der Waals surface area contributed by atoms with Gasteiger partial charge in [0.1, 0.15) is 17.9 Å². The summed E-state index contributed by atoms with van der Waals surface area (Å²) in [5.41, 5.74) is 1.46. The zero-order chi connectivity index (χ0) is 22.0. The molecule has 0 saturated carbocycles. The molecule has 0 spiro atoms. The number of nitrogens with one attached hydrogen (secondary N) is 2. The summed E-state index contributed by atoms with van der Waals surface area (Å²) in [5, 5.41) is 10.3. The monoisotopic (exact) mass is 437 g/mol. The van der Waals surface area contributed by atoms with Crippen LogP contribution in [0, 0.1) is 6.92 Å². The largest absolute Gasteiger partial charge is 0.486 e. The second kappa shape index (κ2) is 8.43. The van der Waals surface area contributed by atoms with Crippen molar-refractivity contribution in [2.24, 2.45) is 0 Å². The lowest BCUT2D eigenvalue weighted by molar-refractivity contribution is -0.125. The Balaban J connectivity index is 1.40. The first-order valence-electron chi connectivity index (χ1n) is 9.81. The second-order valence-electron chi connectivity index (χ2n) is 7.71. The predicted octanol–water partition coefficient (Wildman–Crippen LogP) is 3.55. The highest BCUT2D eigenvalue weighted by molar-refractivity contribution is 7.99. The number of hydrogen-bond acceptors (Lipinski definition) is 6. The first kappa shape index (κ1) is 20.9. The third-order valence-corrected chi connectivity index (χ3v) is 5.82. The average molecular weight is 438 g/mol. The minimum Gasteiger partial charge on any atom is -0.486 e. The zero-order valence-electron chi connectivity index (χ0n) is 17.5. The molecule has 2 aromatic carbocycles. The number of anilines is 2. The Kier molecular flexibility index (Phi) is 5.69. The van der Waals surface area contributed by atoms with Crippen molar-refractivity contribution in [1.29, 1.82) is 0 Å². The van der Waals surface area contributed by atoms with E-state index in [1.807, 2.05) is 49.4 Å². The minimum atomic E-state index is -1.00. The second-order valence-corrected chi connectivity index (χ2v) is 8.66. The SMILES string of the molecule is Cc1ccc(OCc2nc(SCC(=O)N3c4ccccc4NC(=O)C3(C)C)n[nH]2)cc1. The topological polar surface area (TPSA) is 100 Å². The van der Waals surface area contributed by atoms with Crippen LogP contribution in [0.4, 0.5) is 11.4 Å². The summed E-state index contributed by atoms with van der Waals surface area (Å²) in [5.74, 6) is 0.994. The van der Waals surface area contributed by atoms with Crippen LogP contribution in [0.3, 0.4) is 0 Å². The number of thioether (sulfide) groups is 1. The molecule has 8 nitrogen and oxygen atoms in total. The lowest BCUT2D eigenvalue weighted by Crippen LogP contribution is -2.58. The molecule has 0 unspecified atom stereocenters. The molecule has 2 amide bonds. The number of nitrogens with zero attached hydrogens (tertiary/aromatic N) is 3. The van der Waals surface area contributed by atoms with Crippen molar-refractivity contribution in [2.45, 2.75) is 38.1 Å². The Labute approximate surface area is 184 Å². The maximum atomic E-state index is 13.1. The third kappa shape index (κ3) is 4.41. The normalized spacial score (nSPS) is 14.7. The van der Waals surface area contributed by atoms with Crippen LogP contribution in [0.2, 0.25) is 0 Å². The smallest absolute Gasteiger partial charge is 0.250 e. The Morgan fingerprint density at radius 2 is 1.90 bits per heavy atom. The fourth-order valence-corrected chi connectivity index (χ4v) is 3.95. The van der Waals surface area contributed by atoms with Crippen LogP contribution in [0.25, 0.3) is 0 Å². The van der Waals surface area contributed by atoms with Gasteiger partial charge in [0.05, 0.1) is 17.1 Å². The highest BCUT2D eigenvalue weighted by Crippen LogP contribution is 2.37. The highest BCUT2D eigenvalue weighted by atomic mass is 32.2. The summed E-state index contributed by atoms with van der Waals surface area (Å²) in [6.45, 7) is 5.72. The molecule has 1 aliphatic heterocycles. The van der Waals surface area contributed by atoms with Gasteiger partial charge >= 0.3 is 0 Å². The molecule has 4 rings (SSSR count). The fourth-order valence-electron chi connectivity index (χ4n) is 3.28. The van der Waals surface area contributed by atoms with E-state index in [1.165, 1.54) is 11.8 Å². The number of aryl methyl sites for hydroxylation is 1. The van der Waals surface area contributed by atoms with Crippen LogP contribution in [0.1, 0.15) is 25.2 Å². The van der Waals surface area contributed by atoms with Crippen molar-refractivity contribution in [2.75, 3.05) is 16.0 Å². The number of fused-ring (bicyclic) bond motifs is 1. The Morgan fingerprint density at radius 1 is 1.16 bits per heavy atom. The summed E-state index contributed by atoms with van der Waals surface area (Å²) in [6.07, 6.45) is 0. The van der Waals surface area contributed by atoms with E-state index in [-0.39, 0.29) is 24.2 Å². The molecule has 2 N–H and O–H groups in total. The highest BCUT2D eigenvalue weighted by Gasteiger charge is 2.43. The molecule has 31 heavy (non-hydrogen) atoms. The van der Waals surface area contributed by atoms with Crippen LogP contribution in [0.15, 0.2) is 53.7 Å². The first-order valence-corrected chi connectivity index (χ1v) is 10.8. The lowest BCUT2D eigenvalue weighted by atomic mass is 9.96. The molecule has 1 aliphatic rings. The van der Waals surface area contributed by atoms with Crippen LogP contribution < -0.4 is 15.0 Å². The van der Waals surface area contributed by atoms with Crippen LogP contribution in [0.5, 0.6) is 5.75 Å². The third-order valence-electron chi connectivity index (χ3n) is 4.99. The molecule has 1 aromatic heterocycles. The number of hydrogen-bond donors (Lipinski definition) is 2. The van der Waals surface area contributed by atoms with Crippen LogP contribution in [-0.4, -0.2) is 38.3 Å². The molecule has 0 saturated heterocycles. The molecule has 0 fully saturated rings. The van der Waals surface area contributed by atoms with Gasteiger partial charge in [0, 0.05) is 0 Å². The summed E-state index contributed by atoms with van der Waals surface area (Å²) >= 11 is 1.21. The van der Waals surface area contributed by atoms with Gasteiger partial charge in [0.15, 0.2) is 5.82 Å². The number of para-hydroxylation sites is 2. The van der Waals surface area contributed by atoms with Crippen molar-refractivity contribution >= 4 is 35.0 Å². The molecule has 160 valence electrons. The van der Waals surface area contributed by atoms with Crippen molar-refractivity contribution in [3.8, 4) is 5.75 Å². The van der Waals surface area contributed by atoms with Gasteiger partial charge < -0.3 is 10.1 Å². The van der Waals surface area contributed by atoms with Gasteiger partial charge in [0.25, 0.3) is 0 Å². The van der Waals surface area contributed by atoms with Gasteiger partial charge in [0.2, 0.25) is 17.0 Å². The van der Waals surface area contributed by atoms with Crippen molar-refractivity contribution in [3.63, 3.8) is 0 Å². The number of benzene rings is 2. The lowest BCUT2D eigenvalue weighted by Gasteiger charge is -2.42. The summed E-state index contributed by atoms with van der Waals surface area (Å²) in [7, 11) is 0. The Bertz CT molecular complexity index is 1110. The van der Waals surface area contributed by atoms with Gasteiger partial charge in [-0.3, -0.25) is 19.6 Å². The zero-order valence-corrected chi connectivity index (χ0v) is 18.3. The van der Waals surface area contributed by atoms with Gasteiger partial charge in [-0.05, 0) is 45.0 Å². The van der Waals surface area contributed by atoms with E-state index in [0.717, 1.165) is 11.3 Å². The molecule has 0 aliphatic carbocycles. The standard InChI is InChI=1S/C22H23N5O3S/c1-14-8-10-15(11-9-14)30-12-18-24-21(26-25-18)31-13-19(28)27-17-7-5-4-6-16(17)23-20(29)22(27,2)3/h4-11H,12-13H2,1-3H3,(H,23,29)(H,24,25,26). The van der Waals surface area contributed by atoms with Gasteiger partial charge in [-0.1, -0.05) is 41.6 Å². The Morgan fingerprint density at radius 3 is 2.68 bits per heavy atom.